The Hall–Kier alpha value is 0.700. The van der Waals surface area contributed by atoms with Crippen LogP contribution in [-0.4, -0.2) is 17.3 Å². The van der Waals surface area contributed by atoms with E-state index in [9.17, 15) is 0 Å². The molecule has 0 radical (unpaired) electrons. The molecule has 0 spiro atoms. The monoisotopic (exact) mass is 151 g/mol. The smallest absolute Gasteiger partial charge is 0.0517 e. The van der Waals surface area contributed by atoms with Crippen molar-refractivity contribution in [3.8, 4) is 0 Å². The summed E-state index contributed by atoms with van der Waals surface area (Å²) in [5.41, 5.74) is 0. The average molecular weight is 151 g/mol. The van der Waals surface area contributed by atoms with Crippen LogP contribution in [0.5, 0.6) is 0 Å². The van der Waals surface area contributed by atoms with Crippen LogP contribution in [0.25, 0.3) is 0 Å². The summed E-state index contributed by atoms with van der Waals surface area (Å²) in [4.78, 5) is 0. The van der Waals surface area contributed by atoms with Crippen LogP contribution >= 0.6 is 10.8 Å². The Morgan fingerprint density at radius 3 is 1.75 bits per heavy atom. The van der Waals surface area contributed by atoms with Gasteiger partial charge in [-0.25, -0.2) is 0 Å². The minimum atomic E-state index is 0.678. The summed E-state index contributed by atoms with van der Waals surface area (Å²) < 4.78 is 0. The molecule has 0 N–H and O–H groups in total. The highest BCUT2D eigenvalue weighted by atomic mass is 33.1. The number of hydrogen-bond acceptors (Lipinski definition) is 1. The molecule has 0 aromatic heterocycles. The molecule has 0 atom stereocenters. The lowest BCUT2D eigenvalue weighted by Gasteiger charge is -1.96. The van der Waals surface area contributed by atoms with Crippen LogP contribution < -0.4 is 0 Å². The SMILES string of the molecule is CCS[S+](CC)CC. The van der Waals surface area contributed by atoms with Crippen LogP contribution in [-0.2, 0) is 9.93 Å². The van der Waals surface area contributed by atoms with Gasteiger partial charge in [0.25, 0.3) is 0 Å². The summed E-state index contributed by atoms with van der Waals surface area (Å²) in [7, 11) is 2.78. The summed E-state index contributed by atoms with van der Waals surface area (Å²) in [5, 5.41) is 0. The molecule has 50 valence electrons. The van der Waals surface area contributed by atoms with Crippen molar-refractivity contribution in [3.63, 3.8) is 0 Å². The Morgan fingerprint density at radius 1 is 1.12 bits per heavy atom. The van der Waals surface area contributed by atoms with Crippen molar-refractivity contribution >= 4 is 20.7 Å². The van der Waals surface area contributed by atoms with Gasteiger partial charge in [-0.3, -0.25) is 0 Å². The maximum absolute atomic E-state index is 2.27. The summed E-state index contributed by atoms with van der Waals surface area (Å²) in [5.74, 6) is 3.99. The highest BCUT2D eigenvalue weighted by Gasteiger charge is 2.10. The fraction of sp³-hybridized carbons (Fsp3) is 1.00. The molecule has 0 bridgehead atoms. The average Bonchev–Trinajstić information content (AvgIpc) is 1.83. The van der Waals surface area contributed by atoms with Gasteiger partial charge in [0.2, 0.25) is 0 Å². The van der Waals surface area contributed by atoms with Crippen molar-refractivity contribution in [2.75, 3.05) is 17.3 Å². The number of rotatable bonds is 4. The maximum atomic E-state index is 2.27. The van der Waals surface area contributed by atoms with E-state index in [4.69, 9.17) is 0 Å². The second kappa shape index (κ2) is 5.83. The first-order valence-corrected chi connectivity index (χ1v) is 6.22. The number of hydrogen-bond donors (Lipinski definition) is 0. The lowest BCUT2D eigenvalue weighted by atomic mass is 11.0. The molecule has 0 unspecified atom stereocenters. The summed E-state index contributed by atoms with van der Waals surface area (Å²) in [6.45, 7) is 6.78. The summed E-state index contributed by atoms with van der Waals surface area (Å²) in [6, 6.07) is 0. The normalized spacial score (nSPS) is 10.5. The van der Waals surface area contributed by atoms with Gasteiger partial charge >= 0.3 is 0 Å². The lowest BCUT2D eigenvalue weighted by molar-refractivity contribution is 1.45. The molecule has 0 aliphatic heterocycles. The molecule has 0 heterocycles. The van der Waals surface area contributed by atoms with Crippen molar-refractivity contribution in [2.45, 2.75) is 20.8 Å². The summed E-state index contributed by atoms with van der Waals surface area (Å²) >= 11 is 0. The van der Waals surface area contributed by atoms with Gasteiger partial charge in [-0.15, -0.1) is 0 Å². The van der Waals surface area contributed by atoms with Crippen molar-refractivity contribution in [2.24, 2.45) is 0 Å². The standard InChI is InChI=1S/C6H15S2/c1-4-7-8(5-2)6-3/h4-6H2,1-3H3/q+1. The highest BCUT2D eigenvalue weighted by molar-refractivity contribution is 8.74. The first kappa shape index (κ1) is 8.70. The Labute approximate surface area is 59.2 Å². The maximum Gasteiger partial charge on any atom is 0.117 e. The lowest BCUT2D eigenvalue weighted by Crippen LogP contribution is -2.01. The molecular formula is C6H15S2+. The molecule has 0 rings (SSSR count). The van der Waals surface area contributed by atoms with Gasteiger partial charge < -0.3 is 0 Å². The van der Waals surface area contributed by atoms with Gasteiger partial charge in [-0.05, 0) is 13.8 Å². The van der Waals surface area contributed by atoms with E-state index < -0.39 is 0 Å². The van der Waals surface area contributed by atoms with Gasteiger partial charge in [0.05, 0.1) is 20.7 Å². The second-order valence-electron chi connectivity index (χ2n) is 1.42. The van der Waals surface area contributed by atoms with Crippen LogP contribution in [0.4, 0.5) is 0 Å². The van der Waals surface area contributed by atoms with Crippen molar-refractivity contribution < 1.29 is 0 Å². The second-order valence-corrected chi connectivity index (χ2v) is 6.39. The van der Waals surface area contributed by atoms with Crippen LogP contribution in [0.15, 0.2) is 0 Å². The fourth-order valence-corrected chi connectivity index (χ4v) is 3.61. The molecule has 2 heteroatoms. The molecule has 0 nitrogen and oxygen atoms in total. The van der Waals surface area contributed by atoms with Gasteiger partial charge in [-0.2, -0.15) is 0 Å². The first-order valence-electron chi connectivity index (χ1n) is 3.15. The third-order valence-corrected chi connectivity index (χ3v) is 5.91. The van der Waals surface area contributed by atoms with Crippen molar-refractivity contribution in [1.29, 1.82) is 0 Å². The first-order chi connectivity index (χ1) is 3.85. The van der Waals surface area contributed by atoms with Crippen LogP contribution in [0.2, 0.25) is 0 Å². The summed E-state index contributed by atoms with van der Waals surface area (Å²) in [6.07, 6.45) is 0. The third-order valence-electron chi connectivity index (χ3n) is 0.928. The molecule has 0 aliphatic carbocycles. The minimum Gasteiger partial charge on any atom is -0.0517 e. The van der Waals surface area contributed by atoms with Gasteiger partial charge in [0, 0.05) is 5.75 Å². The zero-order valence-electron chi connectivity index (χ0n) is 5.94. The van der Waals surface area contributed by atoms with Crippen molar-refractivity contribution in [3.05, 3.63) is 0 Å². The van der Waals surface area contributed by atoms with Crippen LogP contribution in [0.3, 0.4) is 0 Å². The topological polar surface area (TPSA) is 0 Å². The van der Waals surface area contributed by atoms with E-state index in [0.717, 1.165) is 0 Å². The van der Waals surface area contributed by atoms with Crippen LogP contribution in [0.1, 0.15) is 20.8 Å². The third kappa shape index (κ3) is 3.67. The highest BCUT2D eigenvalue weighted by Crippen LogP contribution is 2.14. The molecule has 0 aromatic rings. The molecule has 0 amide bonds. The van der Waals surface area contributed by atoms with Crippen LogP contribution in [0, 0.1) is 0 Å². The zero-order valence-corrected chi connectivity index (χ0v) is 7.57. The Bertz CT molecular complexity index is 41.8. The van der Waals surface area contributed by atoms with Crippen molar-refractivity contribution in [1.82, 2.24) is 0 Å². The predicted molar refractivity (Wildman–Crippen MR) is 46.6 cm³/mol. The predicted octanol–water partition coefficient (Wildman–Crippen LogP) is 2.31. The quantitative estimate of drug-likeness (QED) is 0.439. The van der Waals surface area contributed by atoms with Gasteiger partial charge in [0.1, 0.15) is 11.5 Å². The molecule has 0 fully saturated rings. The Kier molecular flexibility index (Phi) is 6.34. The van der Waals surface area contributed by atoms with E-state index in [1.54, 1.807) is 0 Å². The largest absolute Gasteiger partial charge is 0.117 e. The Morgan fingerprint density at radius 2 is 1.62 bits per heavy atom. The van der Waals surface area contributed by atoms with E-state index in [2.05, 4.69) is 31.6 Å². The zero-order chi connectivity index (χ0) is 6.41. The molecule has 8 heavy (non-hydrogen) atoms. The van der Waals surface area contributed by atoms with Gasteiger partial charge in [0.15, 0.2) is 0 Å². The molecule has 0 saturated heterocycles. The van der Waals surface area contributed by atoms with E-state index in [0.29, 0.717) is 9.93 Å². The molecular weight excluding hydrogens is 136 g/mol. The minimum absolute atomic E-state index is 0.678. The van der Waals surface area contributed by atoms with E-state index in [1.807, 2.05) is 0 Å². The van der Waals surface area contributed by atoms with E-state index >= 15 is 0 Å². The van der Waals surface area contributed by atoms with E-state index in [-0.39, 0.29) is 0 Å². The van der Waals surface area contributed by atoms with Gasteiger partial charge in [-0.1, -0.05) is 6.92 Å². The molecule has 0 saturated carbocycles. The fourth-order valence-electron chi connectivity index (χ4n) is 0.537. The molecule has 0 aromatic carbocycles. The molecule has 0 aliphatic rings. The van der Waals surface area contributed by atoms with E-state index in [1.165, 1.54) is 17.3 Å². The Balaban J connectivity index is 3.07.